The zero-order valence-corrected chi connectivity index (χ0v) is 23.3. The average molecular weight is 614 g/mol. The zero-order valence-electron chi connectivity index (χ0n) is 21.7. The normalized spacial score (nSPS) is 22.3. The smallest absolute Gasteiger partial charge is 0.274 e. The number of fused-ring (bicyclic) bond motifs is 4. The first-order valence-corrected chi connectivity index (χ1v) is 14.1. The Labute approximate surface area is 232 Å². The van der Waals surface area contributed by atoms with E-state index in [0.717, 1.165) is 6.42 Å². The van der Waals surface area contributed by atoms with Gasteiger partial charge in [0, 0.05) is 48.4 Å². The van der Waals surface area contributed by atoms with Crippen LogP contribution in [0.5, 0.6) is 5.75 Å². The molecule has 1 fully saturated rings. The minimum Gasteiger partial charge on any atom is -0.487 e. The van der Waals surface area contributed by atoms with Gasteiger partial charge in [0.1, 0.15) is 23.0 Å². The molecular formula is C27H31BrF3N3O5. The minimum atomic E-state index is -1.26. The van der Waals surface area contributed by atoms with Crippen molar-refractivity contribution in [1.82, 2.24) is 14.8 Å². The van der Waals surface area contributed by atoms with Gasteiger partial charge in [-0.15, -0.1) is 0 Å². The van der Waals surface area contributed by atoms with Crippen LogP contribution in [0, 0.1) is 17.5 Å². The van der Waals surface area contributed by atoms with Crippen molar-refractivity contribution in [1.29, 1.82) is 0 Å². The van der Waals surface area contributed by atoms with E-state index < -0.39 is 64.0 Å². The van der Waals surface area contributed by atoms with Crippen molar-refractivity contribution in [2.45, 2.75) is 70.2 Å². The van der Waals surface area contributed by atoms with Gasteiger partial charge in [-0.25, -0.2) is 13.2 Å². The molecule has 1 aromatic heterocycles. The number of ether oxygens (including phenoxy) is 1. The van der Waals surface area contributed by atoms with E-state index in [0.29, 0.717) is 43.1 Å². The number of aliphatic hydroxyl groups is 1. The quantitative estimate of drug-likeness (QED) is 0.328. The first-order valence-electron chi connectivity index (χ1n) is 12.9. The van der Waals surface area contributed by atoms with E-state index >= 15 is 0 Å². The van der Waals surface area contributed by atoms with Crippen molar-refractivity contribution in [2.75, 3.05) is 18.5 Å². The molecule has 3 atom stereocenters. The van der Waals surface area contributed by atoms with Gasteiger partial charge in [0.05, 0.1) is 18.2 Å². The Morgan fingerprint density at radius 3 is 2.59 bits per heavy atom. The lowest BCUT2D eigenvalue weighted by molar-refractivity contribution is -0.0261. The van der Waals surface area contributed by atoms with Crippen LogP contribution >= 0.6 is 15.9 Å². The van der Waals surface area contributed by atoms with Crippen molar-refractivity contribution in [3.8, 4) is 5.75 Å². The first-order chi connectivity index (χ1) is 18.5. The predicted octanol–water partition coefficient (Wildman–Crippen LogP) is 4.07. The lowest BCUT2D eigenvalue weighted by atomic mass is 9.86. The number of carbonyl (C=O) groups excluding carboxylic acids is 2. The maximum Gasteiger partial charge on any atom is 0.274 e. The molecule has 0 aliphatic carbocycles. The number of hydrogen-bond acceptors (Lipinski definition) is 5. The number of unbranched alkanes of at least 4 members (excludes halogenated alkanes) is 1. The Morgan fingerprint density at radius 1 is 1.26 bits per heavy atom. The highest BCUT2D eigenvalue weighted by atomic mass is 79.9. The molecule has 2 aliphatic heterocycles. The summed E-state index contributed by atoms with van der Waals surface area (Å²) < 4.78 is 48.8. The summed E-state index contributed by atoms with van der Waals surface area (Å²) in [6.45, 7) is 3.45. The monoisotopic (exact) mass is 613 g/mol. The third-order valence-corrected chi connectivity index (χ3v) is 7.95. The number of amides is 2. The SMILES string of the molecule is CCCCOc1c2n(cc(C(=O)NCc3c(F)cc(F)cc3F)c1=O)[C@@H]1CN(C2=O)[C@@H](C)CC[C@@]1(O)CCBr. The molecule has 12 heteroatoms. The molecule has 2 bridgehead atoms. The van der Waals surface area contributed by atoms with E-state index in [4.69, 9.17) is 4.74 Å². The first kappa shape index (κ1) is 29.1. The Balaban J connectivity index is 1.81. The van der Waals surface area contributed by atoms with Crippen LogP contribution in [0.1, 0.15) is 78.4 Å². The Kier molecular flexibility index (Phi) is 8.75. The Hall–Kier alpha value is -2.86. The van der Waals surface area contributed by atoms with Crippen LogP contribution < -0.4 is 15.5 Å². The van der Waals surface area contributed by atoms with E-state index in [1.807, 2.05) is 13.8 Å². The van der Waals surface area contributed by atoms with Crippen molar-refractivity contribution < 1.29 is 32.6 Å². The number of halogens is 4. The average Bonchev–Trinajstić information content (AvgIpc) is 2.98. The molecule has 3 heterocycles. The highest BCUT2D eigenvalue weighted by Gasteiger charge is 2.48. The van der Waals surface area contributed by atoms with Gasteiger partial charge in [-0.05, 0) is 32.6 Å². The van der Waals surface area contributed by atoms with Crippen LogP contribution in [0.2, 0.25) is 0 Å². The number of benzene rings is 1. The second-order valence-electron chi connectivity index (χ2n) is 10.1. The number of nitrogens with zero attached hydrogens (tertiary/aromatic N) is 2. The van der Waals surface area contributed by atoms with Crippen LogP contribution in [0.25, 0.3) is 0 Å². The van der Waals surface area contributed by atoms with Gasteiger partial charge in [0.15, 0.2) is 11.4 Å². The van der Waals surface area contributed by atoms with Gasteiger partial charge in [0.2, 0.25) is 5.43 Å². The summed E-state index contributed by atoms with van der Waals surface area (Å²) in [5.74, 6) is -5.17. The van der Waals surface area contributed by atoms with Crippen LogP contribution in [-0.4, -0.2) is 56.5 Å². The van der Waals surface area contributed by atoms with Crippen LogP contribution in [0.3, 0.4) is 0 Å². The van der Waals surface area contributed by atoms with E-state index in [-0.39, 0.29) is 30.6 Å². The topological polar surface area (TPSA) is 101 Å². The van der Waals surface area contributed by atoms with Crippen LogP contribution in [-0.2, 0) is 6.54 Å². The molecule has 2 aromatic rings. The summed E-state index contributed by atoms with van der Waals surface area (Å²) in [5, 5.41) is 14.5. The fraction of sp³-hybridized carbons (Fsp3) is 0.519. The zero-order chi connectivity index (χ0) is 28.5. The standard InChI is InChI=1S/C27H31BrF3N3O5/c1-3-4-9-39-24-22-26(37)33-14-21(27(38,7-8-28)6-5-15(33)2)34(22)13-18(23(24)35)25(36)32-12-17-19(30)10-16(29)11-20(17)31/h10-11,13,15,21,38H,3-9,12,14H2,1-2H3,(H,32,36)/t15-,21+,27+/m0/s1. The summed E-state index contributed by atoms with van der Waals surface area (Å²) >= 11 is 3.39. The lowest BCUT2D eigenvalue weighted by Crippen LogP contribution is -2.52. The van der Waals surface area contributed by atoms with E-state index in [9.17, 15) is 32.7 Å². The van der Waals surface area contributed by atoms with Crippen molar-refractivity contribution in [2.24, 2.45) is 0 Å². The maximum absolute atomic E-state index is 14.1. The van der Waals surface area contributed by atoms with Gasteiger partial charge >= 0.3 is 0 Å². The number of alkyl halides is 1. The molecule has 1 aromatic carbocycles. The molecule has 0 radical (unpaired) electrons. The molecule has 2 aliphatic rings. The molecule has 1 saturated heterocycles. The van der Waals surface area contributed by atoms with Crippen LogP contribution in [0.4, 0.5) is 13.2 Å². The third kappa shape index (κ3) is 5.58. The minimum absolute atomic E-state index is 0.0405. The number of nitrogens with one attached hydrogen (secondary N) is 1. The van der Waals surface area contributed by atoms with Gasteiger partial charge in [-0.2, -0.15) is 0 Å². The maximum atomic E-state index is 14.1. The summed E-state index contributed by atoms with van der Waals surface area (Å²) in [4.78, 5) is 42.0. The molecule has 39 heavy (non-hydrogen) atoms. The van der Waals surface area contributed by atoms with Crippen LogP contribution in [0.15, 0.2) is 23.1 Å². The van der Waals surface area contributed by atoms with Crippen molar-refractivity contribution >= 4 is 27.7 Å². The largest absolute Gasteiger partial charge is 0.487 e. The van der Waals surface area contributed by atoms with Crippen molar-refractivity contribution in [3.05, 3.63) is 62.8 Å². The fourth-order valence-corrected chi connectivity index (χ4v) is 5.91. The summed E-state index contributed by atoms with van der Waals surface area (Å²) in [5.41, 5.74) is -3.13. The summed E-state index contributed by atoms with van der Waals surface area (Å²) in [6, 6.07) is 0.112. The van der Waals surface area contributed by atoms with E-state index in [2.05, 4.69) is 21.2 Å². The molecule has 2 amide bonds. The second kappa shape index (κ2) is 11.7. The molecule has 8 nitrogen and oxygen atoms in total. The molecule has 4 rings (SSSR count). The summed E-state index contributed by atoms with van der Waals surface area (Å²) in [7, 11) is 0. The third-order valence-electron chi connectivity index (χ3n) is 7.56. The molecule has 0 unspecified atom stereocenters. The van der Waals surface area contributed by atoms with Gasteiger partial charge < -0.3 is 24.6 Å². The number of aromatic nitrogens is 1. The van der Waals surface area contributed by atoms with Gasteiger partial charge in [0.25, 0.3) is 11.8 Å². The van der Waals surface area contributed by atoms with Crippen molar-refractivity contribution in [3.63, 3.8) is 0 Å². The van der Waals surface area contributed by atoms with E-state index in [1.54, 1.807) is 4.90 Å². The Bertz CT molecular complexity index is 1310. The lowest BCUT2D eigenvalue weighted by Gasteiger charge is -2.42. The molecule has 0 spiro atoms. The number of carbonyl (C=O) groups is 2. The van der Waals surface area contributed by atoms with E-state index in [1.165, 1.54) is 10.8 Å². The number of hydrogen-bond donors (Lipinski definition) is 2. The molecular weight excluding hydrogens is 583 g/mol. The fourth-order valence-electron chi connectivity index (χ4n) is 5.22. The molecule has 2 N–H and O–H groups in total. The van der Waals surface area contributed by atoms with Gasteiger partial charge in [-0.1, -0.05) is 29.3 Å². The molecule has 212 valence electrons. The predicted molar refractivity (Wildman–Crippen MR) is 141 cm³/mol. The molecule has 0 saturated carbocycles. The highest BCUT2D eigenvalue weighted by Crippen LogP contribution is 2.42. The van der Waals surface area contributed by atoms with Gasteiger partial charge in [-0.3, -0.25) is 14.4 Å². The summed E-state index contributed by atoms with van der Waals surface area (Å²) in [6.07, 6.45) is 3.84. The number of pyridine rings is 1. The number of rotatable bonds is 9. The highest BCUT2D eigenvalue weighted by molar-refractivity contribution is 9.09. The second-order valence-corrected chi connectivity index (χ2v) is 10.9. The Morgan fingerprint density at radius 2 is 1.95 bits per heavy atom.